The van der Waals surface area contributed by atoms with E-state index in [1.807, 2.05) is 43.3 Å². The highest BCUT2D eigenvalue weighted by Gasteiger charge is 2.18. The Kier molecular flexibility index (Phi) is 5.94. The van der Waals surface area contributed by atoms with Crippen molar-refractivity contribution in [2.24, 2.45) is 0 Å². The summed E-state index contributed by atoms with van der Waals surface area (Å²) < 4.78 is 1.72. The van der Waals surface area contributed by atoms with Crippen molar-refractivity contribution in [2.75, 3.05) is 13.1 Å². The van der Waals surface area contributed by atoms with Gasteiger partial charge in [0, 0.05) is 30.7 Å². The average molecular weight is 363 g/mol. The van der Waals surface area contributed by atoms with Crippen LogP contribution in [0.25, 0.3) is 11.3 Å². The van der Waals surface area contributed by atoms with Gasteiger partial charge in [-0.2, -0.15) is 5.10 Å². The molecular formula is C20H21N5O2. The molecule has 0 bridgehead atoms. The van der Waals surface area contributed by atoms with Gasteiger partial charge in [0.1, 0.15) is 5.69 Å². The van der Waals surface area contributed by atoms with Gasteiger partial charge in [-0.05, 0) is 24.6 Å². The van der Waals surface area contributed by atoms with Gasteiger partial charge in [-0.3, -0.25) is 19.3 Å². The number of benzene rings is 1. The lowest BCUT2D eigenvalue weighted by Crippen LogP contribution is -2.36. The number of aromatic nitrogens is 3. The maximum Gasteiger partial charge on any atom is 0.255 e. The molecule has 0 saturated carbocycles. The van der Waals surface area contributed by atoms with E-state index < -0.39 is 0 Å². The molecule has 0 unspecified atom stereocenters. The zero-order chi connectivity index (χ0) is 19.1. The number of rotatable bonds is 7. The van der Waals surface area contributed by atoms with Crippen LogP contribution < -0.4 is 10.6 Å². The van der Waals surface area contributed by atoms with Crippen molar-refractivity contribution in [3.63, 3.8) is 0 Å². The Morgan fingerprint density at radius 1 is 1.07 bits per heavy atom. The summed E-state index contributed by atoms with van der Waals surface area (Å²) in [6, 6.07) is 13.5. The third kappa shape index (κ3) is 4.78. The highest BCUT2D eigenvalue weighted by Crippen LogP contribution is 2.21. The number of pyridine rings is 1. The van der Waals surface area contributed by atoms with Crippen molar-refractivity contribution in [1.29, 1.82) is 0 Å². The summed E-state index contributed by atoms with van der Waals surface area (Å²) in [5.41, 5.74) is 2.76. The molecule has 3 aromatic rings. The molecule has 0 atom stereocenters. The zero-order valence-corrected chi connectivity index (χ0v) is 15.1. The Bertz CT molecular complexity index is 907. The molecule has 0 radical (unpaired) electrons. The van der Waals surface area contributed by atoms with Crippen molar-refractivity contribution < 1.29 is 9.59 Å². The fourth-order valence-corrected chi connectivity index (χ4v) is 2.67. The normalized spacial score (nSPS) is 10.4. The maximum absolute atomic E-state index is 12.6. The van der Waals surface area contributed by atoms with Crippen LogP contribution in [0.5, 0.6) is 0 Å². The molecule has 0 aliphatic carbocycles. The van der Waals surface area contributed by atoms with Gasteiger partial charge in [-0.25, -0.2) is 0 Å². The van der Waals surface area contributed by atoms with Crippen LogP contribution in [0.4, 0.5) is 0 Å². The summed E-state index contributed by atoms with van der Waals surface area (Å²) >= 11 is 0. The molecule has 0 aliphatic rings. The third-order valence-electron chi connectivity index (χ3n) is 3.91. The van der Waals surface area contributed by atoms with Gasteiger partial charge in [-0.1, -0.05) is 30.3 Å². The van der Waals surface area contributed by atoms with E-state index >= 15 is 0 Å². The van der Waals surface area contributed by atoms with E-state index in [0.717, 1.165) is 11.1 Å². The monoisotopic (exact) mass is 363 g/mol. The Balaban J connectivity index is 1.86. The Hall–Kier alpha value is -3.48. The predicted molar refractivity (Wildman–Crippen MR) is 102 cm³/mol. The minimum absolute atomic E-state index is 0.0803. The first-order valence-electron chi connectivity index (χ1n) is 8.74. The molecule has 2 heterocycles. The summed E-state index contributed by atoms with van der Waals surface area (Å²) in [6.45, 7) is 2.80. The minimum atomic E-state index is -0.348. The number of nitrogens with one attached hydrogen (secondary N) is 2. The molecule has 27 heavy (non-hydrogen) atoms. The Morgan fingerprint density at radius 3 is 2.59 bits per heavy atom. The molecular weight excluding hydrogens is 342 g/mol. The molecule has 0 fully saturated rings. The van der Waals surface area contributed by atoms with E-state index in [9.17, 15) is 9.59 Å². The molecule has 138 valence electrons. The van der Waals surface area contributed by atoms with Gasteiger partial charge in [-0.15, -0.1) is 0 Å². The van der Waals surface area contributed by atoms with E-state index in [1.54, 1.807) is 29.3 Å². The third-order valence-corrected chi connectivity index (χ3v) is 3.91. The second-order valence-corrected chi connectivity index (χ2v) is 5.95. The van der Waals surface area contributed by atoms with E-state index in [1.165, 1.54) is 0 Å². The Morgan fingerprint density at radius 2 is 1.89 bits per heavy atom. The molecule has 0 spiro atoms. The molecule has 0 saturated heterocycles. The number of amides is 2. The maximum atomic E-state index is 12.6. The quantitative estimate of drug-likeness (QED) is 0.671. The van der Waals surface area contributed by atoms with Crippen LogP contribution in [-0.4, -0.2) is 39.7 Å². The van der Waals surface area contributed by atoms with Gasteiger partial charge >= 0.3 is 0 Å². The van der Waals surface area contributed by atoms with Gasteiger partial charge in [0.15, 0.2) is 0 Å². The van der Waals surface area contributed by atoms with Crippen LogP contribution in [-0.2, 0) is 11.3 Å². The lowest BCUT2D eigenvalue weighted by atomic mass is 10.1. The molecule has 2 N–H and O–H groups in total. The average Bonchev–Trinajstić information content (AvgIpc) is 3.12. The largest absolute Gasteiger partial charge is 0.355 e. The first-order chi connectivity index (χ1) is 13.2. The highest BCUT2D eigenvalue weighted by molar-refractivity contribution is 6.01. The lowest BCUT2D eigenvalue weighted by Gasteiger charge is -2.05. The van der Waals surface area contributed by atoms with Crippen molar-refractivity contribution >= 4 is 11.8 Å². The molecule has 1 aromatic carbocycles. The number of nitrogens with zero attached hydrogens (tertiary/aromatic N) is 3. The van der Waals surface area contributed by atoms with Crippen LogP contribution in [0.1, 0.15) is 22.8 Å². The predicted octanol–water partition coefficient (Wildman–Crippen LogP) is 1.86. The number of carbonyl (C=O) groups excluding carboxylic acids is 2. The van der Waals surface area contributed by atoms with Crippen LogP contribution in [0.2, 0.25) is 0 Å². The molecule has 7 heteroatoms. The minimum Gasteiger partial charge on any atom is -0.355 e. The van der Waals surface area contributed by atoms with Crippen LogP contribution in [0, 0.1) is 0 Å². The van der Waals surface area contributed by atoms with Crippen LogP contribution >= 0.6 is 0 Å². The lowest BCUT2D eigenvalue weighted by molar-refractivity contribution is -0.120. The fraction of sp³-hybridized carbons (Fsp3) is 0.200. The molecule has 2 amide bonds. The van der Waals surface area contributed by atoms with Crippen molar-refractivity contribution in [3.05, 3.63) is 72.2 Å². The summed E-state index contributed by atoms with van der Waals surface area (Å²) in [5.74, 6) is -0.579. The molecule has 3 rings (SSSR count). The smallest absolute Gasteiger partial charge is 0.255 e. The molecule has 7 nitrogen and oxygen atoms in total. The van der Waals surface area contributed by atoms with Gasteiger partial charge in [0.2, 0.25) is 5.91 Å². The number of hydrogen-bond donors (Lipinski definition) is 2. The van der Waals surface area contributed by atoms with Gasteiger partial charge in [0.25, 0.3) is 5.91 Å². The SMILES string of the molecule is CCNC(=O)CNC(=O)c1cn(Cc2ccccc2)nc1-c1cccnc1. The molecule has 0 aliphatic heterocycles. The number of hydrogen-bond acceptors (Lipinski definition) is 4. The topological polar surface area (TPSA) is 88.9 Å². The highest BCUT2D eigenvalue weighted by atomic mass is 16.2. The van der Waals surface area contributed by atoms with Crippen LogP contribution in [0.15, 0.2) is 61.1 Å². The van der Waals surface area contributed by atoms with Crippen molar-refractivity contribution in [3.8, 4) is 11.3 Å². The number of carbonyl (C=O) groups is 2. The summed E-state index contributed by atoms with van der Waals surface area (Å²) in [4.78, 5) is 28.4. The van der Waals surface area contributed by atoms with Crippen molar-refractivity contribution in [2.45, 2.75) is 13.5 Å². The van der Waals surface area contributed by atoms with E-state index in [4.69, 9.17) is 0 Å². The first-order valence-corrected chi connectivity index (χ1v) is 8.74. The number of likely N-dealkylation sites (N-methyl/N-ethyl adjacent to an activating group) is 1. The van der Waals surface area contributed by atoms with Crippen molar-refractivity contribution in [1.82, 2.24) is 25.4 Å². The standard InChI is InChI=1S/C20H21N5O2/c1-2-22-18(26)12-23-20(27)17-14-25(13-15-7-4-3-5-8-15)24-19(17)16-9-6-10-21-11-16/h3-11,14H,2,12-13H2,1H3,(H,22,26)(H,23,27). The summed E-state index contributed by atoms with van der Waals surface area (Å²) in [7, 11) is 0. The fourth-order valence-electron chi connectivity index (χ4n) is 2.67. The summed E-state index contributed by atoms with van der Waals surface area (Å²) in [6.07, 6.45) is 5.03. The van der Waals surface area contributed by atoms with Gasteiger partial charge < -0.3 is 10.6 Å². The summed E-state index contributed by atoms with van der Waals surface area (Å²) in [5, 5.41) is 9.87. The zero-order valence-electron chi connectivity index (χ0n) is 15.1. The Labute approximate surface area is 157 Å². The molecule has 2 aromatic heterocycles. The van der Waals surface area contributed by atoms with Crippen LogP contribution in [0.3, 0.4) is 0 Å². The second-order valence-electron chi connectivity index (χ2n) is 5.95. The van der Waals surface area contributed by atoms with Gasteiger partial charge in [0.05, 0.1) is 18.7 Å². The van der Waals surface area contributed by atoms with E-state index in [0.29, 0.717) is 24.3 Å². The van der Waals surface area contributed by atoms with E-state index in [2.05, 4.69) is 20.7 Å². The van der Waals surface area contributed by atoms with E-state index in [-0.39, 0.29) is 18.4 Å². The second kappa shape index (κ2) is 8.75. The first kappa shape index (κ1) is 18.3.